The van der Waals surface area contributed by atoms with E-state index in [9.17, 15) is 4.79 Å². The molecule has 4 rings (SSSR count). The number of carbonyl (C=O) groups excluding carboxylic acids is 1. The fraction of sp³-hybridized carbons (Fsp3) is 0.148. The van der Waals surface area contributed by atoms with Crippen LogP contribution < -0.4 is 20.7 Å². The number of aryl methyl sites for hydroxylation is 2. The molecule has 0 aliphatic carbocycles. The Bertz CT molecular complexity index is 1270. The van der Waals surface area contributed by atoms with Crippen molar-refractivity contribution in [2.24, 2.45) is 0 Å². The number of aromatic nitrogens is 2. The molecule has 0 fully saturated rings. The molecular formula is C27H27N5O2. The molecular weight excluding hydrogens is 426 g/mol. The van der Waals surface area contributed by atoms with Gasteiger partial charge in [-0.1, -0.05) is 29.8 Å². The highest BCUT2D eigenvalue weighted by atomic mass is 16.5. The van der Waals surface area contributed by atoms with E-state index in [4.69, 9.17) is 4.74 Å². The topological polar surface area (TPSA) is 88.2 Å². The smallest absolute Gasteiger partial charge is 0.229 e. The van der Waals surface area contributed by atoms with Crippen LogP contribution >= 0.6 is 0 Å². The van der Waals surface area contributed by atoms with Crippen LogP contribution in [0.25, 0.3) is 0 Å². The zero-order valence-electron chi connectivity index (χ0n) is 19.4. The van der Waals surface area contributed by atoms with Crippen molar-refractivity contribution in [2.75, 3.05) is 23.1 Å². The van der Waals surface area contributed by atoms with E-state index in [0.717, 1.165) is 39.6 Å². The molecule has 7 heteroatoms. The van der Waals surface area contributed by atoms with Crippen molar-refractivity contribution in [1.82, 2.24) is 9.97 Å². The van der Waals surface area contributed by atoms with E-state index in [1.165, 1.54) is 0 Å². The first-order valence-electron chi connectivity index (χ1n) is 11.0. The van der Waals surface area contributed by atoms with E-state index in [1.54, 1.807) is 7.11 Å². The van der Waals surface area contributed by atoms with Gasteiger partial charge < -0.3 is 20.7 Å². The number of rotatable bonds is 8. The maximum absolute atomic E-state index is 12.4. The molecule has 1 amide bonds. The van der Waals surface area contributed by atoms with Gasteiger partial charge in [0.15, 0.2) is 0 Å². The van der Waals surface area contributed by atoms with Crippen LogP contribution in [0.15, 0.2) is 78.9 Å². The lowest BCUT2D eigenvalue weighted by molar-refractivity contribution is -0.115. The number of nitrogens with zero attached hydrogens (tertiary/aromatic N) is 2. The fourth-order valence-electron chi connectivity index (χ4n) is 3.49. The molecule has 0 atom stereocenters. The van der Waals surface area contributed by atoms with Crippen molar-refractivity contribution in [1.29, 1.82) is 0 Å². The first-order chi connectivity index (χ1) is 16.5. The summed E-state index contributed by atoms with van der Waals surface area (Å²) in [6.07, 6.45) is 0.336. The van der Waals surface area contributed by atoms with Gasteiger partial charge in [0.05, 0.1) is 13.5 Å². The van der Waals surface area contributed by atoms with Gasteiger partial charge in [0.25, 0.3) is 0 Å². The Balaban J connectivity index is 1.38. The SMILES string of the molecule is COc1ccc(Nc2cc(C)nc(Nc3ccc(NC(=O)Cc4cccc(C)c4)cc3)n2)cc1. The second-order valence-electron chi connectivity index (χ2n) is 7.99. The third-order valence-corrected chi connectivity index (χ3v) is 5.09. The monoisotopic (exact) mass is 453 g/mol. The van der Waals surface area contributed by atoms with E-state index in [0.29, 0.717) is 18.2 Å². The zero-order chi connectivity index (χ0) is 23.9. The first kappa shape index (κ1) is 22.8. The van der Waals surface area contributed by atoms with E-state index in [2.05, 4.69) is 25.9 Å². The van der Waals surface area contributed by atoms with Gasteiger partial charge in [0, 0.05) is 28.8 Å². The Morgan fingerprint density at radius 1 is 0.824 bits per heavy atom. The van der Waals surface area contributed by atoms with Crippen LogP contribution in [0.4, 0.5) is 28.8 Å². The lowest BCUT2D eigenvalue weighted by atomic mass is 10.1. The molecule has 172 valence electrons. The third kappa shape index (κ3) is 6.32. The molecule has 3 N–H and O–H groups in total. The second-order valence-corrected chi connectivity index (χ2v) is 7.99. The number of nitrogens with one attached hydrogen (secondary N) is 3. The molecule has 3 aromatic carbocycles. The summed E-state index contributed by atoms with van der Waals surface area (Å²) in [4.78, 5) is 21.4. The van der Waals surface area contributed by atoms with Crippen LogP contribution in [-0.2, 0) is 11.2 Å². The summed E-state index contributed by atoms with van der Waals surface area (Å²) in [7, 11) is 1.64. The molecule has 1 heterocycles. The number of hydrogen-bond acceptors (Lipinski definition) is 6. The number of methoxy groups -OCH3 is 1. The second kappa shape index (κ2) is 10.5. The van der Waals surface area contributed by atoms with Crippen LogP contribution in [0.1, 0.15) is 16.8 Å². The highest BCUT2D eigenvalue weighted by Crippen LogP contribution is 2.22. The summed E-state index contributed by atoms with van der Waals surface area (Å²) in [5, 5.41) is 9.44. The highest BCUT2D eigenvalue weighted by Gasteiger charge is 2.07. The standard InChI is InChI=1S/C27H27N5O2/c1-18-5-4-6-20(15-18)17-26(33)30-22-7-9-23(10-8-22)31-27-28-19(2)16-25(32-27)29-21-11-13-24(34-3)14-12-21/h4-16H,17H2,1-3H3,(H,30,33)(H2,28,29,31,32). The molecule has 0 unspecified atom stereocenters. The summed E-state index contributed by atoms with van der Waals surface area (Å²) in [6.45, 7) is 3.93. The molecule has 34 heavy (non-hydrogen) atoms. The van der Waals surface area contributed by atoms with E-state index >= 15 is 0 Å². The highest BCUT2D eigenvalue weighted by molar-refractivity contribution is 5.92. The van der Waals surface area contributed by atoms with E-state index < -0.39 is 0 Å². The number of amides is 1. The molecule has 0 saturated carbocycles. The van der Waals surface area contributed by atoms with Gasteiger partial charge in [-0.05, 0) is 67.9 Å². The van der Waals surface area contributed by atoms with E-state index in [1.807, 2.05) is 92.7 Å². The Kier molecular flexibility index (Phi) is 7.03. The molecule has 0 spiro atoms. The summed E-state index contributed by atoms with van der Waals surface area (Å²) >= 11 is 0. The first-order valence-corrected chi connectivity index (χ1v) is 11.0. The number of benzene rings is 3. The zero-order valence-corrected chi connectivity index (χ0v) is 19.4. The van der Waals surface area contributed by atoms with Gasteiger partial charge in [0.1, 0.15) is 11.6 Å². The molecule has 0 saturated heterocycles. The molecule has 4 aromatic rings. The minimum Gasteiger partial charge on any atom is -0.497 e. The minimum absolute atomic E-state index is 0.0532. The Morgan fingerprint density at radius 3 is 2.21 bits per heavy atom. The Hall–Kier alpha value is -4.39. The number of carbonyl (C=O) groups is 1. The summed E-state index contributed by atoms with van der Waals surface area (Å²) in [5.41, 5.74) is 5.41. The molecule has 0 radical (unpaired) electrons. The van der Waals surface area contributed by atoms with Gasteiger partial charge in [0.2, 0.25) is 11.9 Å². The van der Waals surface area contributed by atoms with Crippen LogP contribution in [-0.4, -0.2) is 23.0 Å². The minimum atomic E-state index is -0.0532. The molecule has 0 bridgehead atoms. The number of anilines is 5. The third-order valence-electron chi connectivity index (χ3n) is 5.09. The average Bonchev–Trinajstić information content (AvgIpc) is 2.80. The van der Waals surface area contributed by atoms with Crippen LogP contribution in [0.3, 0.4) is 0 Å². The lowest BCUT2D eigenvalue weighted by Gasteiger charge is -2.11. The van der Waals surface area contributed by atoms with Crippen LogP contribution in [0.2, 0.25) is 0 Å². The van der Waals surface area contributed by atoms with Gasteiger partial charge >= 0.3 is 0 Å². The normalized spacial score (nSPS) is 10.4. The van der Waals surface area contributed by atoms with Gasteiger partial charge in [-0.25, -0.2) is 4.98 Å². The number of hydrogen-bond donors (Lipinski definition) is 3. The summed E-state index contributed by atoms with van der Waals surface area (Å²) in [6, 6.07) is 24.9. The van der Waals surface area contributed by atoms with Crippen molar-refractivity contribution in [2.45, 2.75) is 20.3 Å². The molecule has 0 aliphatic rings. The maximum atomic E-state index is 12.4. The van der Waals surface area contributed by atoms with Crippen molar-refractivity contribution < 1.29 is 9.53 Å². The molecule has 1 aromatic heterocycles. The van der Waals surface area contributed by atoms with Gasteiger partial charge in [-0.2, -0.15) is 4.98 Å². The Labute approximate surface area is 199 Å². The van der Waals surface area contributed by atoms with Gasteiger partial charge in [-0.15, -0.1) is 0 Å². The maximum Gasteiger partial charge on any atom is 0.229 e. The summed E-state index contributed by atoms with van der Waals surface area (Å²) in [5.74, 6) is 1.90. The quantitative estimate of drug-likeness (QED) is 0.314. The largest absolute Gasteiger partial charge is 0.497 e. The predicted molar refractivity (Wildman–Crippen MR) is 136 cm³/mol. The molecule has 0 aliphatic heterocycles. The van der Waals surface area contributed by atoms with Crippen LogP contribution in [0, 0.1) is 13.8 Å². The Morgan fingerprint density at radius 2 is 1.50 bits per heavy atom. The lowest BCUT2D eigenvalue weighted by Crippen LogP contribution is -2.14. The van der Waals surface area contributed by atoms with Crippen molar-refractivity contribution >= 4 is 34.7 Å². The van der Waals surface area contributed by atoms with Crippen LogP contribution in [0.5, 0.6) is 5.75 Å². The van der Waals surface area contributed by atoms with Crippen molar-refractivity contribution in [3.05, 3.63) is 95.7 Å². The van der Waals surface area contributed by atoms with Crippen molar-refractivity contribution in [3.63, 3.8) is 0 Å². The molecule has 7 nitrogen and oxygen atoms in total. The predicted octanol–water partition coefficient (Wildman–Crippen LogP) is 5.77. The fourth-order valence-corrected chi connectivity index (χ4v) is 3.49. The van der Waals surface area contributed by atoms with E-state index in [-0.39, 0.29) is 5.91 Å². The van der Waals surface area contributed by atoms with Gasteiger partial charge in [-0.3, -0.25) is 4.79 Å². The van der Waals surface area contributed by atoms with Crippen molar-refractivity contribution in [3.8, 4) is 5.75 Å². The summed E-state index contributed by atoms with van der Waals surface area (Å²) < 4.78 is 5.20. The average molecular weight is 454 g/mol. The number of ether oxygens (including phenoxy) is 1.